The quantitative estimate of drug-likeness (QED) is 0.629. The lowest BCUT2D eigenvalue weighted by atomic mass is 9.78. The monoisotopic (exact) mass is 424 g/mol. The molecule has 1 atom stereocenters. The van der Waals surface area contributed by atoms with Gasteiger partial charge in [0.1, 0.15) is 5.75 Å². The van der Waals surface area contributed by atoms with E-state index in [1.807, 2.05) is 36.4 Å². The van der Waals surface area contributed by atoms with Crippen molar-refractivity contribution in [3.05, 3.63) is 93.0 Å². The van der Waals surface area contributed by atoms with Gasteiger partial charge in [0.05, 0.1) is 22.3 Å². The van der Waals surface area contributed by atoms with Crippen molar-refractivity contribution in [1.82, 2.24) is 5.32 Å². The Bertz CT molecular complexity index is 1150. The largest absolute Gasteiger partial charge is 0.508 e. The summed E-state index contributed by atoms with van der Waals surface area (Å²) in [6.45, 7) is 1.04. The number of halogens is 2. The number of nitrogens with one attached hydrogen (secondary N) is 1. The number of hydrogen-bond donors (Lipinski definition) is 2. The first kappa shape index (κ1) is 18.5. The molecule has 5 rings (SSSR count). The van der Waals surface area contributed by atoms with Gasteiger partial charge in [-0.15, -0.1) is 0 Å². The molecule has 2 heterocycles. The molecule has 0 fully saturated rings. The Kier molecular flexibility index (Phi) is 4.32. The third-order valence-electron chi connectivity index (χ3n) is 5.77. The molecule has 0 radical (unpaired) electrons. The summed E-state index contributed by atoms with van der Waals surface area (Å²) in [7, 11) is 0. The number of rotatable bonds is 2. The zero-order chi connectivity index (χ0) is 20.2. The zero-order valence-corrected chi connectivity index (χ0v) is 17.0. The third-order valence-corrected chi connectivity index (χ3v) is 6.51. The Balaban J connectivity index is 1.65. The van der Waals surface area contributed by atoms with Gasteiger partial charge in [0.2, 0.25) is 0 Å². The molecule has 2 aliphatic heterocycles. The van der Waals surface area contributed by atoms with Gasteiger partial charge in [-0.3, -0.25) is 10.1 Å². The number of anilines is 1. The molecule has 3 aromatic carbocycles. The molecular formula is C23H18Cl2N2O2. The summed E-state index contributed by atoms with van der Waals surface area (Å²) in [5.74, 6) is 0.184. The van der Waals surface area contributed by atoms with E-state index in [1.54, 1.807) is 29.2 Å². The smallest absolute Gasteiger partial charge is 0.256 e. The van der Waals surface area contributed by atoms with Crippen molar-refractivity contribution < 1.29 is 9.90 Å². The number of phenolic OH excluding ortho intramolecular Hbond substituents is 1. The van der Waals surface area contributed by atoms with Crippen LogP contribution in [0.1, 0.15) is 22.3 Å². The van der Waals surface area contributed by atoms with E-state index in [9.17, 15) is 9.90 Å². The molecule has 1 unspecified atom stereocenters. The Hall–Kier alpha value is -2.53. The van der Waals surface area contributed by atoms with E-state index in [1.165, 1.54) is 0 Å². The minimum Gasteiger partial charge on any atom is -0.508 e. The normalized spacial score (nSPS) is 20.1. The van der Waals surface area contributed by atoms with Crippen molar-refractivity contribution in [2.75, 3.05) is 11.4 Å². The summed E-state index contributed by atoms with van der Waals surface area (Å²) in [5.41, 5.74) is 3.64. The number of benzene rings is 3. The molecule has 4 nitrogen and oxygen atoms in total. The minimum absolute atomic E-state index is 0.0311. The van der Waals surface area contributed by atoms with E-state index in [2.05, 4.69) is 5.32 Å². The van der Waals surface area contributed by atoms with Crippen molar-refractivity contribution >= 4 is 34.8 Å². The van der Waals surface area contributed by atoms with Crippen LogP contribution < -0.4 is 10.2 Å². The summed E-state index contributed by atoms with van der Waals surface area (Å²) in [4.78, 5) is 15.7. The second kappa shape index (κ2) is 6.77. The number of carbonyl (C=O) groups excluding carboxylic acids is 1. The number of phenols is 1. The number of hydrogen-bond acceptors (Lipinski definition) is 3. The highest BCUT2D eigenvalue weighted by Crippen LogP contribution is 2.47. The average molecular weight is 425 g/mol. The van der Waals surface area contributed by atoms with E-state index < -0.39 is 5.54 Å². The number of aromatic hydroxyl groups is 1. The lowest BCUT2D eigenvalue weighted by molar-refractivity contribution is -0.123. The van der Waals surface area contributed by atoms with Crippen LogP contribution in [0.25, 0.3) is 0 Å². The first-order chi connectivity index (χ1) is 14.0. The Morgan fingerprint density at radius 1 is 1.00 bits per heavy atom. The third kappa shape index (κ3) is 2.75. The van der Waals surface area contributed by atoms with E-state index in [0.29, 0.717) is 23.1 Å². The SMILES string of the molecule is O=C1N(Cc2ccc(Cl)c(Cl)c2)c2ccccc2C12NCCc1cc(O)ccc12. The summed E-state index contributed by atoms with van der Waals surface area (Å²) in [6, 6.07) is 18.5. The Labute approximate surface area is 178 Å². The Morgan fingerprint density at radius 3 is 2.66 bits per heavy atom. The summed E-state index contributed by atoms with van der Waals surface area (Å²) in [5, 5.41) is 14.4. The van der Waals surface area contributed by atoms with Crippen LogP contribution in [-0.2, 0) is 23.3 Å². The van der Waals surface area contributed by atoms with Crippen LogP contribution in [0.3, 0.4) is 0 Å². The van der Waals surface area contributed by atoms with Gasteiger partial charge in [-0.1, -0.05) is 53.5 Å². The van der Waals surface area contributed by atoms with Crippen LogP contribution in [0.2, 0.25) is 10.0 Å². The van der Waals surface area contributed by atoms with Gasteiger partial charge in [0.15, 0.2) is 5.54 Å². The van der Waals surface area contributed by atoms with Gasteiger partial charge in [-0.05, 0) is 53.4 Å². The van der Waals surface area contributed by atoms with E-state index in [-0.39, 0.29) is 11.7 Å². The van der Waals surface area contributed by atoms with Crippen LogP contribution in [0.4, 0.5) is 5.69 Å². The fourth-order valence-corrected chi connectivity index (χ4v) is 4.82. The molecule has 29 heavy (non-hydrogen) atoms. The van der Waals surface area contributed by atoms with Crippen LogP contribution in [0.5, 0.6) is 5.75 Å². The molecule has 2 aliphatic rings. The highest BCUT2D eigenvalue weighted by molar-refractivity contribution is 6.42. The minimum atomic E-state index is -0.950. The van der Waals surface area contributed by atoms with Gasteiger partial charge < -0.3 is 10.0 Å². The van der Waals surface area contributed by atoms with Crippen molar-refractivity contribution in [3.63, 3.8) is 0 Å². The maximum Gasteiger partial charge on any atom is 0.256 e. The van der Waals surface area contributed by atoms with Crippen LogP contribution in [0.15, 0.2) is 60.7 Å². The van der Waals surface area contributed by atoms with Crippen molar-refractivity contribution in [3.8, 4) is 5.75 Å². The molecule has 0 saturated carbocycles. The van der Waals surface area contributed by atoms with Crippen LogP contribution in [-0.4, -0.2) is 17.6 Å². The van der Waals surface area contributed by atoms with Crippen molar-refractivity contribution in [2.45, 2.75) is 18.5 Å². The highest BCUT2D eigenvalue weighted by atomic mass is 35.5. The molecule has 146 valence electrons. The van der Waals surface area contributed by atoms with Crippen LogP contribution >= 0.6 is 23.2 Å². The second-order valence-electron chi connectivity index (χ2n) is 7.43. The van der Waals surface area contributed by atoms with Crippen molar-refractivity contribution in [1.29, 1.82) is 0 Å². The van der Waals surface area contributed by atoms with Gasteiger partial charge in [-0.2, -0.15) is 0 Å². The zero-order valence-electron chi connectivity index (χ0n) is 15.5. The molecule has 1 spiro atoms. The van der Waals surface area contributed by atoms with E-state index in [0.717, 1.165) is 34.4 Å². The standard InChI is InChI=1S/C23H18Cl2N2O2/c24-19-8-5-14(11-20(19)25)13-27-21-4-2-1-3-18(21)23(22(27)29)17-7-6-16(28)12-15(17)9-10-26-23/h1-8,11-12,26,28H,9-10,13H2. The number of amides is 1. The maximum absolute atomic E-state index is 13.9. The fraction of sp³-hybridized carbons (Fsp3) is 0.174. The number of nitrogens with zero attached hydrogens (tertiary/aromatic N) is 1. The number of fused-ring (bicyclic) bond motifs is 4. The van der Waals surface area contributed by atoms with E-state index >= 15 is 0 Å². The molecule has 1 amide bonds. The molecule has 0 aliphatic carbocycles. The molecule has 0 bridgehead atoms. The van der Waals surface area contributed by atoms with Gasteiger partial charge in [-0.25, -0.2) is 0 Å². The number of para-hydroxylation sites is 1. The summed E-state index contributed by atoms with van der Waals surface area (Å²) >= 11 is 12.2. The summed E-state index contributed by atoms with van der Waals surface area (Å²) in [6.07, 6.45) is 0.758. The lowest BCUT2D eigenvalue weighted by Crippen LogP contribution is -2.54. The predicted molar refractivity (Wildman–Crippen MR) is 115 cm³/mol. The Morgan fingerprint density at radius 2 is 1.83 bits per heavy atom. The van der Waals surface area contributed by atoms with Gasteiger partial charge in [0.25, 0.3) is 5.91 Å². The molecule has 0 saturated heterocycles. The predicted octanol–water partition coefficient (Wildman–Crippen LogP) is 4.64. The van der Waals surface area contributed by atoms with Crippen molar-refractivity contribution in [2.24, 2.45) is 0 Å². The number of carbonyl (C=O) groups is 1. The lowest BCUT2D eigenvalue weighted by Gasteiger charge is -2.36. The average Bonchev–Trinajstić information content (AvgIpc) is 2.94. The highest BCUT2D eigenvalue weighted by Gasteiger charge is 2.53. The molecule has 2 N–H and O–H groups in total. The fourth-order valence-electron chi connectivity index (χ4n) is 4.49. The van der Waals surface area contributed by atoms with Crippen LogP contribution in [0, 0.1) is 0 Å². The molecule has 0 aromatic heterocycles. The van der Waals surface area contributed by atoms with Gasteiger partial charge >= 0.3 is 0 Å². The summed E-state index contributed by atoms with van der Waals surface area (Å²) < 4.78 is 0. The maximum atomic E-state index is 13.9. The second-order valence-corrected chi connectivity index (χ2v) is 8.24. The van der Waals surface area contributed by atoms with Gasteiger partial charge in [0, 0.05) is 12.1 Å². The van der Waals surface area contributed by atoms with E-state index in [4.69, 9.17) is 23.2 Å². The molecule has 6 heteroatoms. The first-order valence-electron chi connectivity index (χ1n) is 9.43. The first-order valence-corrected chi connectivity index (χ1v) is 10.2. The molecule has 3 aromatic rings. The molecular weight excluding hydrogens is 407 g/mol. The topological polar surface area (TPSA) is 52.6 Å².